The van der Waals surface area contributed by atoms with Crippen molar-refractivity contribution in [2.75, 3.05) is 11.4 Å². The van der Waals surface area contributed by atoms with Crippen LogP contribution in [0, 0.1) is 0 Å². The average Bonchev–Trinajstić information content (AvgIpc) is 3.32. The van der Waals surface area contributed by atoms with E-state index in [1.165, 1.54) is 6.42 Å². The number of rotatable bonds is 7. The second kappa shape index (κ2) is 8.42. The van der Waals surface area contributed by atoms with Crippen LogP contribution in [0.1, 0.15) is 75.2 Å². The molecule has 3 aromatic heterocycles. The van der Waals surface area contributed by atoms with Gasteiger partial charge in [-0.25, -0.2) is 9.50 Å². The highest BCUT2D eigenvalue weighted by atomic mass is 16.3. The number of carbonyl (C=O) groups is 1. The fourth-order valence-electron chi connectivity index (χ4n) is 4.52. The third-order valence-electron chi connectivity index (χ3n) is 6.04. The van der Waals surface area contributed by atoms with Gasteiger partial charge < -0.3 is 10.0 Å². The number of hydrogen-bond donors (Lipinski definition) is 1. The van der Waals surface area contributed by atoms with E-state index in [1.54, 1.807) is 47.7 Å². The molecule has 1 aliphatic rings. The maximum atomic E-state index is 13.7. The Morgan fingerprint density at radius 1 is 1.35 bits per heavy atom. The molecule has 0 aliphatic carbocycles. The molecule has 0 radical (unpaired) electrons. The molecule has 0 saturated carbocycles. The molecule has 1 fully saturated rings. The summed E-state index contributed by atoms with van der Waals surface area (Å²) < 4.78 is 3.42. The molecule has 2 atom stereocenters. The minimum Gasteiger partial charge on any atom is -0.389 e. The number of aliphatic hydroxyl groups is 1. The molecule has 2 unspecified atom stereocenters. The summed E-state index contributed by atoms with van der Waals surface area (Å²) in [4.78, 5) is 20.4. The number of aromatic nitrogens is 5. The molecule has 4 rings (SSSR count). The first-order valence-corrected chi connectivity index (χ1v) is 11.2. The molecule has 0 aromatic carbocycles. The van der Waals surface area contributed by atoms with Crippen LogP contribution < -0.4 is 4.90 Å². The lowest BCUT2D eigenvalue weighted by molar-refractivity contribution is 0.0578. The van der Waals surface area contributed by atoms with E-state index in [4.69, 9.17) is 5.10 Å². The van der Waals surface area contributed by atoms with Crippen LogP contribution >= 0.6 is 0 Å². The van der Waals surface area contributed by atoms with Crippen LogP contribution in [0.2, 0.25) is 0 Å². The van der Waals surface area contributed by atoms with E-state index in [0.717, 1.165) is 30.8 Å². The van der Waals surface area contributed by atoms with E-state index in [0.29, 0.717) is 30.2 Å². The summed E-state index contributed by atoms with van der Waals surface area (Å²) in [5.74, 6) is 0.515. The zero-order valence-corrected chi connectivity index (χ0v) is 18.8. The number of hydrogen-bond acceptors (Lipinski definition) is 6. The van der Waals surface area contributed by atoms with Crippen LogP contribution in [0.4, 0.5) is 5.82 Å². The lowest BCUT2D eigenvalue weighted by Crippen LogP contribution is -2.38. The number of fused-ring (bicyclic) bond motifs is 1. The number of Topliss-reactive ketones (excluding diaryl/α,β-unsaturated/α-hetero) is 1. The molecular formula is C23H32N6O2. The Labute approximate surface area is 182 Å². The summed E-state index contributed by atoms with van der Waals surface area (Å²) in [6.07, 6.45) is 11.1. The Kier molecular flexibility index (Phi) is 5.83. The summed E-state index contributed by atoms with van der Waals surface area (Å²) in [6, 6.07) is 2.16. The topological polar surface area (TPSA) is 88.5 Å². The smallest absolute Gasteiger partial charge is 0.175 e. The van der Waals surface area contributed by atoms with Crippen molar-refractivity contribution in [3.05, 3.63) is 42.0 Å². The van der Waals surface area contributed by atoms with Crippen molar-refractivity contribution in [2.45, 2.75) is 77.5 Å². The van der Waals surface area contributed by atoms with E-state index in [-0.39, 0.29) is 11.7 Å². The summed E-state index contributed by atoms with van der Waals surface area (Å²) in [6.45, 7) is 9.07. The van der Waals surface area contributed by atoms with E-state index in [9.17, 15) is 9.90 Å². The second-order valence-corrected chi connectivity index (χ2v) is 9.23. The molecule has 1 aliphatic heterocycles. The summed E-state index contributed by atoms with van der Waals surface area (Å²) in [5.41, 5.74) is 1.12. The zero-order chi connectivity index (χ0) is 22.2. The first-order valence-electron chi connectivity index (χ1n) is 11.2. The van der Waals surface area contributed by atoms with Crippen LogP contribution in [0.5, 0.6) is 0 Å². The highest BCUT2D eigenvalue weighted by molar-refractivity contribution is 6.05. The Hall–Kier alpha value is -2.74. The van der Waals surface area contributed by atoms with Crippen molar-refractivity contribution in [3.63, 3.8) is 0 Å². The third kappa shape index (κ3) is 4.35. The van der Waals surface area contributed by atoms with Crippen molar-refractivity contribution in [3.8, 4) is 0 Å². The molecule has 0 bridgehead atoms. The molecule has 0 amide bonds. The fraction of sp³-hybridized carbons (Fsp3) is 0.565. The van der Waals surface area contributed by atoms with Crippen molar-refractivity contribution in [1.29, 1.82) is 0 Å². The molecule has 3 aromatic rings. The van der Waals surface area contributed by atoms with E-state index in [1.807, 2.05) is 13.1 Å². The summed E-state index contributed by atoms with van der Waals surface area (Å²) in [7, 11) is 0. The molecule has 1 N–H and O–H groups in total. The normalized spacial score (nSPS) is 18.5. The van der Waals surface area contributed by atoms with E-state index in [2.05, 4.69) is 21.9 Å². The fourth-order valence-corrected chi connectivity index (χ4v) is 4.52. The van der Waals surface area contributed by atoms with Gasteiger partial charge in [0.25, 0.3) is 0 Å². The van der Waals surface area contributed by atoms with Gasteiger partial charge in [-0.15, -0.1) is 0 Å². The average molecular weight is 425 g/mol. The monoisotopic (exact) mass is 424 g/mol. The van der Waals surface area contributed by atoms with Gasteiger partial charge in [-0.05, 0) is 52.5 Å². The van der Waals surface area contributed by atoms with Gasteiger partial charge in [0.05, 0.1) is 29.8 Å². The third-order valence-corrected chi connectivity index (χ3v) is 6.04. The first kappa shape index (κ1) is 21.5. The Balaban J connectivity index is 1.76. The van der Waals surface area contributed by atoms with Crippen LogP contribution in [0.25, 0.3) is 5.65 Å². The number of piperidine rings is 1. The molecule has 8 nitrogen and oxygen atoms in total. The summed E-state index contributed by atoms with van der Waals surface area (Å²) in [5, 5.41) is 19.5. The molecule has 4 heterocycles. The lowest BCUT2D eigenvalue weighted by atomic mass is 9.90. The van der Waals surface area contributed by atoms with Gasteiger partial charge in [-0.1, -0.05) is 6.92 Å². The maximum absolute atomic E-state index is 13.7. The standard InChI is InChI=1S/C23H32N6O2/c1-5-17(20(30)18-13-25-29-12-8-10-24-21(18)29)19-14-27(15-23(3,4)31)26-22(19)28-11-7-6-9-16(28)2/h8,10,12-14,16-17,31H,5-7,9,11,15H2,1-4H3. The van der Waals surface area contributed by atoms with Crippen molar-refractivity contribution < 1.29 is 9.90 Å². The van der Waals surface area contributed by atoms with Crippen molar-refractivity contribution in [2.24, 2.45) is 0 Å². The van der Waals surface area contributed by atoms with Crippen LogP contribution in [0.3, 0.4) is 0 Å². The zero-order valence-electron chi connectivity index (χ0n) is 18.8. The highest BCUT2D eigenvalue weighted by Gasteiger charge is 2.32. The highest BCUT2D eigenvalue weighted by Crippen LogP contribution is 2.35. The van der Waals surface area contributed by atoms with Gasteiger partial charge in [0.15, 0.2) is 17.2 Å². The minimum absolute atomic E-state index is 0.00456. The van der Waals surface area contributed by atoms with Crippen LogP contribution in [-0.4, -0.2) is 53.5 Å². The molecular weight excluding hydrogens is 392 g/mol. The number of nitrogens with zero attached hydrogens (tertiary/aromatic N) is 6. The van der Waals surface area contributed by atoms with Gasteiger partial charge >= 0.3 is 0 Å². The second-order valence-electron chi connectivity index (χ2n) is 9.23. The lowest BCUT2D eigenvalue weighted by Gasteiger charge is -2.35. The molecule has 1 saturated heterocycles. The predicted molar refractivity (Wildman–Crippen MR) is 120 cm³/mol. The van der Waals surface area contributed by atoms with Crippen LogP contribution in [0.15, 0.2) is 30.9 Å². The van der Waals surface area contributed by atoms with Gasteiger partial charge in [0.1, 0.15) is 0 Å². The SMILES string of the molecule is CCC(C(=O)c1cnn2cccnc12)c1cn(CC(C)(C)O)nc1N1CCCCC1C. The number of anilines is 1. The Morgan fingerprint density at radius 3 is 2.87 bits per heavy atom. The van der Waals surface area contributed by atoms with Gasteiger partial charge in [-0.3, -0.25) is 9.48 Å². The minimum atomic E-state index is -0.897. The maximum Gasteiger partial charge on any atom is 0.175 e. The number of carbonyl (C=O) groups excluding carboxylic acids is 1. The van der Waals surface area contributed by atoms with Crippen molar-refractivity contribution >= 4 is 17.2 Å². The molecule has 8 heteroatoms. The first-order chi connectivity index (χ1) is 14.8. The van der Waals surface area contributed by atoms with Gasteiger partial charge in [0, 0.05) is 36.7 Å². The Morgan fingerprint density at radius 2 is 2.16 bits per heavy atom. The molecule has 0 spiro atoms. The van der Waals surface area contributed by atoms with Crippen molar-refractivity contribution in [1.82, 2.24) is 24.4 Å². The molecule has 31 heavy (non-hydrogen) atoms. The van der Waals surface area contributed by atoms with E-state index < -0.39 is 5.60 Å². The van der Waals surface area contributed by atoms with Crippen LogP contribution in [-0.2, 0) is 6.54 Å². The summed E-state index contributed by atoms with van der Waals surface area (Å²) >= 11 is 0. The van der Waals surface area contributed by atoms with E-state index >= 15 is 0 Å². The molecule has 166 valence electrons. The Bertz CT molecular complexity index is 1060. The number of ketones is 1. The largest absolute Gasteiger partial charge is 0.389 e. The predicted octanol–water partition coefficient (Wildman–Crippen LogP) is 3.45. The quantitative estimate of drug-likeness (QED) is 0.585. The van der Waals surface area contributed by atoms with Gasteiger partial charge in [0.2, 0.25) is 0 Å². The van der Waals surface area contributed by atoms with Gasteiger partial charge in [-0.2, -0.15) is 10.2 Å².